The zero-order valence-corrected chi connectivity index (χ0v) is 11.0. The second-order valence-corrected chi connectivity index (χ2v) is 5.87. The Labute approximate surface area is 93.2 Å². The van der Waals surface area contributed by atoms with Crippen LogP contribution in [-0.4, -0.2) is 21.2 Å². The highest BCUT2D eigenvalue weighted by molar-refractivity contribution is 7.95. The maximum Gasteiger partial charge on any atom is 0.174 e. The third-order valence-electron chi connectivity index (χ3n) is 2.42. The zero-order valence-electron chi connectivity index (χ0n) is 10.2. The van der Waals surface area contributed by atoms with E-state index in [1.165, 1.54) is 0 Å². The van der Waals surface area contributed by atoms with Gasteiger partial charge in [0.1, 0.15) is 0 Å². The lowest BCUT2D eigenvalue weighted by Crippen LogP contribution is -2.08. The maximum absolute atomic E-state index is 11.5. The van der Waals surface area contributed by atoms with Crippen molar-refractivity contribution in [1.82, 2.24) is 5.32 Å². The fourth-order valence-corrected chi connectivity index (χ4v) is 2.17. The van der Waals surface area contributed by atoms with E-state index in [2.05, 4.69) is 5.32 Å². The summed E-state index contributed by atoms with van der Waals surface area (Å²) in [4.78, 5) is 0.434. The van der Waals surface area contributed by atoms with Gasteiger partial charge in [-0.1, -0.05) is 13.8 Å². The molecule has 0 aliphatic carbocycles. The summed E-state index contributed by atoms with van der Waals surface area (Å²) in [5.41, 5.74) is 2.05. The van der Waals surface area contributed by atoms with Gasteiger partial charge in [0.15, 0.2) is 9.84 Å². The summed E-state index contributed by atoms with van der Waals surface area (Å²) in [6.45, 7) is 7.26. The van der Waals surface area contributed by atoms with Crippen molar-refractivity contribution in [2.75, 3.05) is 12.8 Å². The van der Waals surface area contributed by atoms with Crippen molar-refractivity contribution < 1.29 is 8.42 Å². The van der Waals surface area contributed by atoms with Gasteiger partial charge in [-0.05, 0) is 31.9 Å². The molecule has 1 N–H and O–H groups in total. The van der Waals surface area contributed by atoms with Gasteiger partial charge in [-0.25, -0.2) is 8.42 Å². The lowest BCUT2D eigenvalue weighted by molar-refractivity contribution is 0.603. The van der Waals surface area contributed by atoms with E-state index in [1.807, 2.05) is 20.9 Å². The molecular weight excluding hydrogens is 210 g/mol. The first-order valence-corrected chi connectivity index (χ1v) is 6.82. The molecule has 0 unspecified atom stereocenters. The Morgan fingerprint density at radius 2 is 1.80 bits per heavy atom. The largest absolute Gasteiger partial charge is 0.391 e. The highest BCUT2D eigenvalue weighted by Crippen LogP contribution is 2.13. The number of hydrogen-bond acceptors (Lipinski definition) is 3. The van der Waals surface area contributed by atoms with E-state index < -0.39 is 9.84 Å². The summed E-state index contributed by atoms with van der Waals surface area (Å²) in [5, 5.41) is 3.07. The fraction of sp³-hybridized carbons (Fsp3) is 0.636. The first-order chi connectivity index (χ1) is 6.88. The Balaban J connectivity index is 5.16. The number of nitrogens with one attached hydrogen (secondary N) is 1. The van der Waals surface area contributed by atoms with E-state index in [-0.39, 0.29) is 5.75 Å². The molecule has 0 heterocycles. The van der Waals surface area contributed by atoms with Crippen molar-refractivity contribution in [3.05, 3.63) is 22.3 Å². The van der Waals surface area contributed by atoms with E-state index in [0.29, 0.717) is 4.91 Å². The average molecular weight is 231 g/mol. The Hall–Kier alpha value is -0.770. The van der Waals surface area contributed by atoms with Gasteiger partial charge in [-0.15, -0.1) is 0 Å². The first-order valence-electron chi connectivity index (χ1n) is 5.17. The minimum absolute atomic E-state index is 0.156. The van der Waals surface area contributed by atoms with Gasteiger partial charge < -0.3 is 5.32 Å². The van der Waals surface area contributed by atoms with Crippen LogP contribution in [0.5, 0.6) is 0 Å². The Kier molecular flexibility index (Phi) is 5.65. The molecule has 0 aromatic rings. The second-order valence-electron chi connectivity index (χ2n) is 3.42. The molecule has 0 aliphatic rings. The summed E-state index contributed by atoms with van der Waals surface area (Å²) in [7, 11) is -1.20. The maximum atomic E-state index is 11.5. The molecule has 0 aromatic carbocycles. The van der Waals surface area contributed by atoms with Gasteiger partial charge in [0, 0.05) is 17.6 Å². The quantitative estimate of drug-likeness (QED) is 0.738. The lowest BCUT2D eigenvalue weighted by Gasteiger charge is -2.08. The molecule has 0 spiro atoms. The third kappa shape index (κ3) is 4.08. The molecule has 0 saturated carbocycles. The molecule has 0 aromatic heterocycles. The summed E-state index contributed by atoms with van der Waals surface area (Å²) in [5.74, 6) is 0.156. The third-order valence-corrected chi connectivity index (χ3v) is 4.28. The van der Waals surface area contributed by atoms with E-state index in [1.54, 1.807) is 19.9 Å². The molecular formula is C11H21NO2S. The van der Waals surface area contributed by atoms with Crippen LogP contribution >= 0.6 is 0 Å². The fourth-order valence-electron chi connectivity index (χ4n) is 1.36. The van der Waals surface area contributed by atoms with Crippen LogP contribution in [0.15, 0.2) is 22.3 Å². The predicted molar refractivity (Wildman–Crippen MR) is 65.3 cm³/mol. The molecule has 0 rings (SSSR count). The predicted octanol–water partition coefficient (Wildman–Crippen LogP) is 2.23. The number of hydrogen-bond donors (Lipinski definition) is 1. The van der Waals surface area contributed by atoms with Crippen LogP contribution in [0.2, 0.25) is 0 Å². The molecule has 4 heteroatoms. The molecule has 0 aliphatic heterocycles. The van der Waals surface area contributed by atoms with Crippen LogP contribution in [0.3, 0.4) is 0 Å². The Bertz CT molecular complexity index is 358. The van der Waals surface area contributed by atoms with Crippen molar-refractivity contribution in [3.8, 4) is 0 Å². The van der Waals surface area contributed by atoms with E-state index >= 15 is 0 Å². The molecule has 0 saturated heterocycles. The zero-order chi connectivity index (χ0) is 12.1. The standard InChI is InChI=1S/C11H21NO2S/c1-6-11(12-5)9(3)8-10(4)15(13,14)7-2/h8,12H,6-7H2,1-5H3/b10-8+,11-9+. The van der Waals surface area contributed by atoms with Gasteiger partial charge in [0.2, 0.25) is 0 Å². The molecule has 3 nitrogen and oxygen atoms in total. The van der Waals surface area contributed by atoms with Crippen LogP contribution < -0.4 is 5.32 Å². The molecule has 88 valence electrons. The first kappa shape index (κ1) is 14.2. The van der Waals surface area contributed by atoms with Gasteiger partial charge in [0.25, 0.3) is 0 Å². The van der Waals surface area contributed by atoms with Crippen LogP contribution in [0.1, 0.15) is 34.1 Å². The molecule has 0 atom stereocenters. The summed E-state index contributed by atoms with van der Waals surface area (Å²) < 4.78 is 23.0. The summed E-state index contributed by atoms with van der Waals surface area (Å²) >= 11 is 0. The van der Waals surface area contributed by atoms with E-state index in [9.17, 15) is 8.42 Å². The topological polar surface area (TPSA) is 46.2 Å². The average Bonchev–Trinajstić information content (AvgIpc) is 2.19. The second kappa shape index (κ2) is 5.95. The monoisotopic (exact) mass is 231 g/mol. The van der Waals surface area contributed by atoms with Crippen molar-refractivity contribution in [1.29, 1.82) is 0 Å². The highest BCUT2D eigenvalue weighted by atomic mass is 32.2. The molecule has 0 amide bonds. The van der Waals surface area contributed by atoms with Crippen LogP contribution in [-0.2, 0) is 9.84 Å². The van der Waals surface area contributed by atoms with E-state index in [0.717, 1.165) is 17.7 Å². The number of sulfone groups is 1. The molecule has 0 radical (unpaired) electrons. The highest BCUT2D eigenvalue weighted by Gasteiger charge is 2.10. The van der Waals surface area contributed by atoms with Crippen LogP contribution in [0, 0.1) is 0 Å². The number of rotatable bonds is 5. The van der Waals surface area contributed by atoms with Crippen LogP contribution in [0.4, 0.5) is 0 Å². The summed E-state index contributed by atoms with van der Waals surface area (Å²) in [6, 6.07) is 0. The van der Waals surface area contributed by atoms with Gasteiger partial charge in [-0.2, -0.15) is 0 Å². The molecule has 0 bridgehead atoms. The van der Waals surface area contributed by atoms with Gasteiger partial charge >= 0.3 is 0 Å². The van der Waals surface area contributed by atoms with E-state index in [4.69, 9.17) is 0 Å². The van der Waals surface area contributed by atoms with Crippen molar-refractivity contribution >= 4 is 9.84 Å². The lowest BCUT2D eigenvalue weighted by atomic mass is 10.2. The normalized spacial score (nSPS) is 14.9. The Morgan fingerprint density at radius 3 is 2.13 bits per heavy atom. The van der Waals surface area contributed by atoms with Crippen molar-refractivity contribution in [2.45, 2.75) is 34.1 Å². The van der Waals surface area contributed by atoms with Crippen molar-refractivity contribution in [2.24, 2.45) is 0 Å². The van der Waals surface area contributed by atoms with Crippen LogP contribution in [0.25, 0.3) is 0 Å². The minimum Gasteiger partial charge on any atom is -0.391 e. The molecule has 0 fully saturated rings. The minimum atomic E-state index is -3.04. The molecule has 15 heavy (non-hydrogen) atoms. The SMILES string of the molecule is CC/C(NC)=C(C)\C=C(/C)S(=O)(=O)CC. The van der Waals surface area contributed by atoms with Crippen molar-refractivity contribution in [3.63, 3.8) is 0 Å². The summed E-state index contributed by atoms with van der Waals surface area (Å²) in [6.07, 6.45) is 2.60. The van der Waals surface area contributed by atoms with Gasteiger partial charge in [-0.3, -0.25) is 0 Å². The number of allylic oxidation sites excluding steroid dienone is 4. The Morgan fingerprint density at radius 1 is 1.27 bits per heavy atom. The smallest absolute Gasteiger partial charge is 0.174 e. The van der Waals surface area contributed by atoms with Gasteiger partial charge in [0.05, 0.1) is 5.75 Å².